The van der Waals surface area contributed by atoms with Gasteiger partial charge in [-0.1, -0.05) is 24.3 Å². The molecule has 0 aliphatic rings. The van der Waals surface area contributed by atoms with Crippen molar-refractivity contribution in [3.63, 3.8) is 0 Å². The van der Waals surface area contributed by atoms with E-state index in [2.05, 4.69) is 49.3 Å². The Labute approximate surface area is 144 Å². The first-order valence-corrected chi connectivity index (χ1v) is 8.26. The SMILES string of the molecule is CCNC(=O)COc1ccc(CN(C)c2cc(C)ccc2C)cc1. The lowest BCUT2D eigenvalue weighted by molar-refractivity contribution is -0.122. The maximum Gasteiger partial charge on any atom is 0.257 e. The molecular formula is C20H26N2O2. The molecule has 1 N–H and O–H groups in total. The van der Waals surface area contributed by atoms with Crippen molar-refractivity contribution in [2.45, 2.75) is 27.3 Å². The number of ether oxygens (including phenoxy) is 1. The summed E-state index contributed by atoms with van der Waals surface area (Å²) in [6, 6.07) is 14.4. The normalized spacial score (nSPS) is 10.3. The predicted molar refractivity (Wildman–Crippen MR) is 98.6 cm³/mol. The van der Waals surface area contributed by atoms with Gasteiger partial charge in [-0.05, 0) is 55.7 Å². The number of nitrogens with zero attached hydrogens (tertiary/aromatic N) is 1. The first-order valence-electron chi connectivity index (χ1n) is 8.26. The fourth-order valence-corrected chi connectivity index (χ4v) is 2.58. The molecule has 0 unspecified atom stereocenters. The molecule has 0 saturated carbocycles. The van der Waals surface area contributed by atoms with Gasteiger partial charge < -0.3 is 15.0 Å². The van der Waals surface area contributed by atoms with Gasteiger partial charge in [-0.25, -0.2) is 0 Å². The van der Waals surface area contributed by atoms with Crippen LogP contribution >= 0.6 is 0 Å². The number of aryl methyl sites for hydroxylation is 2. The van der Waals surface area contributed by atoms with E-state index >= 15 is 0 Å². The van der Waals surface area contributed by atoms with Gasteiger partial charge in [0, 0.05) is 25.8 Å². The van der Waals surface area contributed by atoms with Crippen molar-refractivity contribution in [2.75, 3.05) is 25.1 Å². The van der Waals surface area contributed by atoms with Crippen molar-refractivity contribution < 1.29 is 9.53 Å². The molecule has 0 fully saturated rings. The zero-order chi connectivity index (χ0) is 17.5. The highest BCUT2D eigenvalue weighted by molar-refractivity contribution is 5.77. The molecule has 0 aliphatic heterocycles. The van der Waals surface area contributed by atoms with Crippen molar-refractivity contribution in [2.24, 2.45) is 0 Å². The molecule has 0 heterocycles. The number of carbonyl (C=O) groups excluding carboxylic acids is 1. The van der Waals surface area contributed by atoms with Crippen LogP contribution in [0.3, 0.4) is 0 Å². The van der Waals surface area contributed by atoms with Crippen LogP contribution in [0.1, 0.15) is 23.6 Å². The number of amides is 1. The van der Waals surface area contributed by atoms with Gasteiger partial charge in [0.25, 0.3) is 5.91 Å². The number of nitrogens with one attached hydrogen (secondary N) is 1. The molecule has 2 aromatic rings. The van der Waals surface area contributed by atoms with Crippen LogP contribution in [0.4, 0.5) is 5.69 Å². The van der Waals surface area contributed by atoms with E-state index in [9.17, 15) is 4.79 Å². The summed E-state index contributed by atoms with van der Waals surface area (Å²) in [6.45, 7) is 7.61. The fraction of sp³-hybridized carbons (Fsp3) is 0.350. The van der Waals surface area contributed by atoms with E-state index < -0.39 is 0 Å². The minimum absolute atomic E-state index is 0.0512. The van der Waals surface area contributed by atoms with Gasteiger partial charge in [-0.15, -0.1) is 0 Å². The van der Waals surface area contributed by atoms with E-state index in [1.165, 1.54) is 22.4 Å². The number of carbonyl (C=O) groups is 1. The third kappa shape index (κ3) is 5.01. The minimum atomic E-state index is -0.101. The highest BCUT2D eigenvalue weighted by atomic mass is 16.5. The van der Waals surface area contributed by atoms with Crippen LogP contribution in [0, 0.1) is 13.8 Å². The highest BCUT2D eigenvalue weighted by Gasteiger charge is 2.07. The molecular weight excluding hydrogens is 300 g/mol. The number of rotatable bonds is 7. The second kappa shape index (κ2) is 8.39. The van der Waals surface area contributed by atoms with Crippen LogP contribution in [0.2, 0.25) is 0 Å². The molecule has 0 spiro atoms. The Morgan fingerprint density at radius 3 is 2.50 bits per heavy atom. The van der Waals surface area contributed by atoms with Crippen molar-refractivity contribution in [3.8, 4) is 5.75 Å². The van der Waals surface area contributed by atoms with Crippen LogP contribution in [-0.4, -0.2) is 26.1 Å². The van der Waals surface area contributed by atoms with Gasteiger partial charge in [0.05, 0.1) is 0 Å². The molecule has 128 valence electrons. The maximum absolute atomic E-state index is 11.4. The molecule has 4 heteroatoms. The minimum Gasteiger partial charge on any atom is -0.484 e. The standard InChI is InChI=1S/C20H26N2O2/c1-5-21-20(23)14-24-18-10-8-17(9-11-18)13-22(4)19-12-15(2)6-7-16(19)3/h6-12H,5,13-14H2,1-4H3,(H,21,23). The zero-order valence-corrected chi connectivity index (χ0v) is 14.9. The third-order valence-corrected chi connectivity index (χ3v) is 3.86. The third-order valence-electron chi connectivity index (χ3n) is 3.86. The lowest BCUT2D eigenvalue weighted by atomic mass is 10.1. The summed E-state index contributed by atoms with van der Waals surface area (Å²) in [5.74, 6) is 0.607. The Hall–Kier alpha value is -2.49. The van der Waals surface area contributed by atoms with Gasteiger partial charge in [-0.2, -0.15) is 0 Å². The monoisotopic (exact) mass is 326 g/mol. The number of likely N-dealkylation sites (N-methyl/N-ethyl adjacent to an activating group) is 1. The van der Waals surface area contributed by atoms with Crippen molar-refractivity contribution in [1.29, 1.82) is 0 Å². The molecule has 24 heavy (non-hydrogen) atoms. The first kappa shape index (κ1) is 17.9. The van der Waals surface area contributed by atoms with E-state index in [4.69, 9.17) is 4.74 Å². The fourth-order valence-electron chi connectivity index (χ4n) is 2.58. The molecule has 2 aromatic carbocycles. The predicted octanol–water partition coefficient (Wildman–Crippen LogP) is 3.45. The average molecular weight is 326 g/mol. The summed E-state index contributed by atoms with van der Waals surface area (Å²) < 4.78 is 5.47. The molecule has 2 rings (SSSR count). The molecule has 0 aromatic heterocycles. The Morgan fingerprint density at radius 2 is 1.83 bits per heavy atom. The summed E-state index contributed by atoms with van der Waals surface area (Å²) in [7, 11) is 2.10. The van der Waals surface area contributed by atoms with E-state index in [1.54, 1.807) is 0 Å². The Morgan fingerprint density at radius 1 is 1.12 bits per heavy atom. The number of anilines is 1. The highest BCUT2D eigenvalue weighted by Crippen LogP contribution is 2.22. The van der Waals surface area contributed by atoms with E-state index in [-0.39, 0.29) is 12.5 Å². The second-order valence-corrected chi connectivity index (χ2v) is 6.03. The molecule has 0 aliphatic carbocycles. The number of benzene rings is 2. The van der Waals surface area contributed by atoms with Crippen LogP contribution in [-0.2, 0) is 11.3 Å². The van der Waals surface area contributed by atoms with Crippen molar-refractivity contribution in [3.05, 3.63) is 59.2 Å². The molecule has 1 amide bonds. The lowest BCUT2D eigenvalue weighted by Crippen LogP contribution is -2.28. The van der Waals surface area contributed by atoms with E-state index in [0.29, 0.717) is 12.3 Å². The van der Waals surface area contributed by atoms with Gasteiger partial charge in [-0.3, -0.25) is 4.79 Å². The molecule has 4 nitrogen and oxygen atoms in total. The smallest absolute Gasteiger partial charge is 0.257 e. The molecule has 0 saturated heterocycles. The molecule has 0 atom stereocenters. The van der Waals surface area contributed by atoms with Crippen LogP contribution in [0.25, 0.3) is 0 Å². The number of hydrogen-bond acceptors (Lipinski definition) is 3. The van der Waals surface area contributed by atoms with Gasteiger partial charge >= 0.3 is 0 Å². The summed E-state index contributed by atoms with van der Waals surface area (Å²) in [4.78, 5) is 13.6. The first-order chi connectivity index (χ1) is 11.5. The quantitative estimate of drug-likeness (QED) is 0.847. The largest absolute Gasteiger partial charge is 0.484 e. The topological polar surface area (TPSA) is 41.6 Å². The van der Waals surface area contributed by atoms with Gasteiger partial charge in [0.15, 0.2) is 6.61 Å². The van der Waals surface area contributed by atoms with Crippen molar-refractivity contribution >= 4 is 11.6 Å². The molecule has 0 bridgehead atoms. The van der Waals surface area contributed by atoms with Gasteiger partial charge in [0.2, 0.25) is 0 Å². The Balaban J connectivity index is 1.96. The zero-order valence-electron chi connectivity index (χ0n) is 14.9. The second-order valence-electron chi connectivity index (χ2n) is 6.03. The summed E-state index contributed by atoms with van der Waals surface area (Å²) in [6.07, 6.45) is 0. The Bertz CT molecular complexity index is 681. The number of hydrogen-bond donors (Lipinski definition) is 1. The maximum atomic E-state index is 11.4. The van der Waals surface area contributed by atoms with Crippen LogP contribution in [0.5, 0.6) is 5.75 Å². The molecule has 0 radical (unpaired) electrons. The van der Waals surface area contributed by atoms with Crippen molar-refractivity contribution in [1.82, 2.24) is 5.32 Å². The van der Waals surface area contributed by atoms with E-state index in [0.717, 1.165) is 6.54 Å². The summed E-state index contributed by atoms with van der Waals surface area (Å²) in [5, 5.41) is 2.71. The van der Waals surface area contributed by atoms with Gasteiger partial charge in [0.1, 0.15) is 5.75 Å². The van der Waals surface area contributed by atoms with Crippen LogP contribution < -0.4 is 15.0 Å². The summed E-state index contributed by atoms with van der Waals surface area (Å²) in [5.41, 5.74) is 4.97. The lowest BCUT2D eigenvalue weighted by Gasteiger charge is -2.22. The average Bonchev–Trinajstić information content (AvgIpc) is 2.56. The Kier molecular flexibility index (Phi) is 6.24. The van der Waals surface area contributed by atoms with Crippen LogP contribution in [0.15, 0.2) is 42.5 Å². The van der Waals surface area contributed by atoms with E-state index in [1.807, 2.05) is 31.2 Å². The summed E-state index contributed by atoms with van der Waals surface area (Å²) >= 11 is 0.